The highest BCUT2D eigenvalue weighted by atomic mass is 19.1. The van der Waals surface area contributed by atoms with Gasteiger partial charge in [-0.05, 0) is 55.0 Å². The van der Waals surface area contributed by atoms with Gasteiger partial charge in [0.2, 0.25) is 0 Å². The Kier molecular flexibility index (Phi) is 4.56. The summed E-state index contributed by atoms with van der Waals surface area (Å²) in [6.07, 6.45) is 2.12. The van der Waals surface area contributed by atoms with E-state index in [4.69, 9.17) is 0 Å². The van der Waals surface area contributed by atoms with Crippen molar-refractivity contribution in [2.45, 2.75) is 19.3 Å². The monoisotopic (exact) mass is 370 g/mol. The number of aromatic amines is 1. The number of phenolic OH excluding ortho intramolecular Hbond substituents is 1. The number of piperidine rings is 1. The zero-order valence-corrected chi connectivity index (χ0v) is 14.7. The van der Waals surface area contributed by atoms with E-state index in [1.54, 1.807) is 29.2 Å². The van der Waals surface area contributed by atoms with E-state index in [1.165, 1.54) is 12.1 Å². The van der Waals surface area contributed by atoms with Crippen LogP contribution in [0.4, 0.5) is 8.78 Å². The summed E-state index contributed by atoms with van der Waals surface area (Å²) in [7, 11) is 0. The zero-order chi connectivity index (χ0) is 19.0. The van der Waals surface area contributed by atoms with Crippen LogP contribution in [0.2, 0.25) is 0 Å². The molecule has 4 nitrogen and oxygen atoms in total. The minimum absolute atomic E-state index is 0.0721. The van der Waals surface area contributed by atoms with E-state index in [9.17, 15) is 18.7 Å². The Balaban J connectivity index is 1.40. The van der Waals surface area contributed by atoms with Crippen molar-refractivity contribution in [3.63, 3.8) is 0 Å². The smallest absolute Gasteiger partial charge is 0.270 e. The lowest BCUT2D eigenvalue weighted by atomic mass is 9.90. The number of aromatic nitrogens is 1. The van der Waals surface area contributed by atoms with Gasteiger partial charge in [0.15, 0.2) is 0 Å². The van der Waals surface area contributed by atoms with Gasteiger partial charge >= 0.3 is 0 Å². The highest BCUT2D eigenvalue weighted by molar-refractivity contribution is 5.98. The number of benzene rings is 2. The fourth-order valence-electron chi connectivity index (χ4n) is 3.74. The summed E-state index contributed by atoms with van der Waals surface area (Å²) in [5, 5.41) is 10.4. The predicted molar refractivity (Wildman–Crippen MR) is 98.7 cm³/mol. The number of aromatic hydroxyl groups is 1. The lowest BCUT2D eigenvalue weighted by Gasteiger charge is -2.32. The second kappa shape index (κ2) is 7.02. The average Bonchev–Trinajstić information content (AvgIpc) is 3.07. The van der Waals surface area contributed by atoms with Gasteiger partial charge in [0.25, 0.3) is 5.91 Å². The maximum Gasteiger partial charge on any atom is 0.270 e. The molecular weight excluding hydrogens is 350 g/mol. The molecule has 0 saturated carbocycles. The first-order valence-corrected chi connectivity index (χ1v) is 9.04. The molecule has 27 heavy (non-hydrogen) atoms. The van der Waals surface area contributed by atoms with E-state index < -0.39 is 11.6 Å². The van der Waals surface area contributed by atoms with E-state index in [0.29, 0.717) is 30.8 Å². The van der Waals surface area contributed by atoms with Gasteiger partial charge < -0.3 is 15.0 Å². The number of carbonyl (C=O) groups is 1. The molecule has 0 radical (unpaired) electrons. The number of phenols is 1. The number of nitrogens with one attached hydrogen (secondary N) is 1. The van der Waals surface area contributed by atoms with Crippen LogP contribution >= 0.6 is 0 Å². The van der Waals surface area contributed by atoms with E-state index in [1.807, 2.05) is 0 Å². The standard InChI is InChI=1S/C21H20F2N2O2/c22-16-3-1-14(18(23)11-16)9-13-5-7-25(8-6-13)21(27)20-10-15-2-4-17(26)12-19(15)24-20/h1-4,10-13,24,26H,5-9H2. The molecule has 2 heterocycles. The van der Waals surface area contributed by atoms with Crippen molar-refractivity contribution >= 4 is 16.8 Å². The molecule has 4 rings (SSSR count). The van der Waals surface area contributed by atoms with Crippen LogP contribution in [-0.4, -0.2) is 34.0 Å². The molecule has 0 atom stereocenters. The molecule has 1 aromatic heterocycles. The van der Waals surface area contributed by atoms with Crippen LogP contribution in [0.15, 0.2) is 42.5 Å². The first-order valence-electron chi connectivity index (χ1n) is 9.04. The molecular formula is C21H20F2N2O2. The van der Waals surface area contributed by atoms with Crippen LogP contribution in [0, 0.1) is 17.6 Å². The Morgan fingerprint density at radius 1 is 1.11 bits per heavy atom. The summed E-state index contributed by atoms with van der Waals surface area (Å²) >= 11 is 0. The van der Waals surface area contributed by atoms with Gasteiger partial charge in [-0.3, -0.25) is 4.79 Å². The minimum Gasteiger partial charge on any atom is -0.508 e. The number of nitrogens with zero attached hydrogens (tertiary/aromatic N) is 1. The quantitative estimate of drug-likeness (QED) is 0.724. The molecule has 0 unspecified atom stereocenters. The van der Waals surface area contributed by atoms with Crippen molar-refractivity contribution in [1.82, 2.24) is 9.88 Å². The van der Waals surface area contributed by atoms with E-state index >= 15 is 0 Å². The lowest BCUT2D eigenvalue weighted by Crippen LogP contribution is -2.39. The highest BCUT2D eigenvalue weighted by Gasteiger charge is 2.25. The lowest BCUT2D eigenvalue weighted by molar-refractivity contribution is 0.0685. The first kappa shape index (κ1) is 17.5. The molecule has 1 aliphatic rings. The third-order valence-electron chi connectivity index (χ3n) is 5.26. The first-order chi connectivity index (χ1) is 13.0. The number of likely N-dealkylation sites (tertiary alicyclic amines) is 1. The van der Waals surface area contributed by atoms with Crippen LogP contribution < -0.4 is 0 Å². The maximum atomic E-state index is 13.8. The normalized spacial score (nSPS) is 15.4. The summed E-state index contributed by atoms with van der Waals surface area (Å²) in [5.41, 5.74) is 1.75. The van der Waals surface area contributed by atoms with Crippen molar-refractivity contribution in [2.24, 2.45) is 5.92 Å². The van der Waals surface area contributed by atoms with E-state index in [2.05, 4.69) is 4.98 Å². The number of rotatable bonds is 3. The molecule has 0 spiro atoms. The van der Waals surface area contributed by atoms with Crippen LogP contribution in [0.25, 0.3) is 10.9 Å². The number of hydrogen-bond donors (Lipinski definition) is 2. The van der Waals surface area contributed by atoms with Gasteiger partial charge in [-0.2, -0.15) is 0 Å². The van der Waals surface area contributed by atoms with Crippen LogP contribution in [-0.2, 0) is 6.42 Å². The van der Waals surface area contributed by atoms with Crippen molar-refractivity contribution in [1.29, 1.82) is 0 Å². The van der Waals surface area contributed by atoms with Gasteiger partial charge in [0, 0.05) is 36.1 Å². The molecule has 0 aliphatic carbocycles. The highest BCUT2D eigenvalue weighted by Crippen LogP contribution is 2.26. The molecule has 1 saturated heterocycles. The number of hydrogen-bond acceptors (Lipinski definition) is 2. The molecule has 6 heteroatoms. The minimum atomic E-state index is -0.566. The largest absolute Gasteiger partial charge is 0.508 e. The molecule has 2 N–H and O–H groups in total. The molecule has 0 bridgehead atoms. The predicted octanol–water partition coefficient (Wildman–Crippen LogP) is 4.25. The summed E-state index contributed by atoms with van der Waals surface area (Å²) in [5.74, 6) is -0.721. The Hall–Kier alpha value is -2.89. The SMILES string of the molecule is O=C(c1cc2ccc(O)cc2[nH]1)N1CCC(Cc2ccc(F)cc2F)CC1. The summed E-state index contributed by atoms with van der Waals surface area (Å²) in [6, 6.07) is 10.4. The van der Waals surface area contributed by atoms with Crippen LogP contribution in [0.5, 0.6) is 5.75 Å². The van der Waals surface area contributed by atoms with Gasteiger partial charge in [-0.15, -0.1) is 0 Å². The molecule has 1 fully saturated rings. The fourth-order valence-corrected chi connectivity index (χ4v) is 3.74. The summed E-state index contributed by atoms with van der Waals surface area (Å²) in [4.78, 5) is 17.6. The maximum absolute atomic E-state index is 13.8. The Labute approximate surface area is 155 Å². The van der Waals surface area contributed by atoms with Crippen molar-refractivity contribution in [3.05, 3.63) is 65.4 Å². The number of fused-ring (bicyclic) bond motifs is 1. The summed E-state index contributed by atoms with van der Waals surface area (Å²) < 4.78 is 26.9. The Morgan fingerprint density at radius 2 is 1.89 bits per heavy atom. The van der Waals surface area contributed by atoms with Gasteiger partial charge in [-0.1, -0.05) is 6.07 Å². The topological polar surface area (TPSA) is 56.3 Å². The van der Waals surface area contributed by atoms with Gasteiger partial charge in [0.05, 0.1) is 0 Å². The third kappa shape index (κ3) is 3.65. The summed E-state index contributed by atoms with van der Waals surface area (Å²) in [6.45, 7) is 1.21. The Morgan fingerprint density at radius 3 is 2.63 bits per heavy atom. The second-order valence-corrected chi connectivity index (χ2v) is 7.13. The molecule has 2 aromatic carbocycles. The van der Waals surface area contributed by atoms with Crippen molar-refractivity contribution < 1.29 is 18.7 Å². The third-order valence-corrected chi connectivity index (χ3v) is 5.26. The van der Waals surface area contributed by atoms with Gasteiger partial charge in [-0.25, -0.2) is 8.78 Å². The van der Waals surface area contributed by atoms with Crippen molar-refractivity contribution in [3.8, 4) is 5.75 Å². The molecule has 1 amide bonds. The number of halogens is 2. The zero-order valence-electron chi connectivity index (χ0n) is 14.7. The second-order valence-electron chi connectivity index (χ2n) is 7.13. The number of amides is 1. The number of carbonyl (C=O) groups excluding carboxylic acids is 1. The van der Waals surface area contributed by atoms with Gasteiger partial charge in [0.1, 0.15) is 23.1 Å². The van der Waals surface area contributed by atoms with Crippen LogP contribution in [0.1, 0.15) is 28.9 Å². The molecule has 140 valence electrons. The van der Waals surface area contributed by atoms with Crippen molar-refractivity contribution in [2.75, 3.05) is 13.1 Å². The molecule has 1 aliphatic heterocycles. The average molecular weight is 370 g/mol. The van der Waals surface area contributed by atoms with E-state index in [-0.39, 0.29) is 17.6 Å². The Bertz CT molecular complexity index is 991. The van der Waals surface area contributed by atoms with Crippen LogP contribution in [0.3, 0.4) is 0 Å². The molecule has 3 aromatic rings. The van der Waals surface area contributed by atoms with E-state index in [0.717, 1.165) is 29.8 Å². The fraction of sp³-hybridized carbons (Fsp3) is 0.286. The number of H-pyrrole nitrogens is 1.